The summed E-state index contributed by atoms with van der Waals surface area (Å²) < 4.78 is 20.3. The molecule has 1 aliphatic heterocycles. The van der Waals surface area contributed by atoms with Crippen molar-refractivity contribution in [2.24, 2.45) is 0 Å². The van der Waals surface area contributed by atoms with Crippen LogP contribution in [0, 0.1) is 5.82 Å². The molecule has 0 aliphatic carbocycles. The Morgan fingerprint density at radius 1 is 1.23 bits per heavy atom. The van der Waals surface area contributed by atoms with Crippen molar-refractivity contribution < 1.29 is 13.9 Å². The van der Waals surface area contributed by atoms with Gasteiger partial charge < -0.3 is 4.74 Å². The molecule has 1 aliphatic rings. The Bertz CT molecular complexity index is 882. The molecule has 2 aromatic rings. The number of thioether (sulfide) groups is 1. The maximum Gasteiger partial charge on any atom is 0.270 e. The molecule has 1 saturated heterocycles. The molecule has 0 N–H and O–H groups in total. The molecule has 3 nitrogen and oxygen atoms in total. The standard InChI is InChI=1S/C20H18FNO2S2/c1-3-13(2)24-17-11-7-4-8-14(17)12-18-19(23)22(20(25)26-18)16-10-6-5-9-15(16)21/h4-13H,3H2,1-2H3/b18-12-/t13-/m0/s1. The summed E-state index contributed by atoms with van der Waals surface area (Å²) >= 11 is 6.46. The van der Waals surface area contributed by atoms with Gasteiger partial charge in [0.1, 0.15) is 11.6 Å². The first-order valence-electron chi connectivity index (χ1n) is 8.29. The van der Waals surface area contributed by atoms with Gasteiger partial charge in [-0.1, -0.05) is 61.2 Å². The fourth-order valence-electron chi connectivity index (χ4n) is 2.46. The maximum atomic E-state index is 14.1. The van der Waals surface area contributed by atoms with Gasteiger partial charge in [0.05, 0.1) is 16.7 Å². The quantitative estimate of drug-likeness (QED) is 0.507. The van der Waals surface area contributed by atoms with E-state index >= 15 is 0 Å². The molecule has 0 bridgehead atoms. The minimum absolute atomic E-state index is 0.0671. The molecule has 0 spiro atoms. The van der Waals surface area contributed by atoms with E-state index in [-0.39, 0.29) is 17.7 Å². The van der Waals surface area contributed by atoms with Crippen LogP contribution in [0.5, 0.6) is 5.75 Å². The number of carbonyl (C=O) groups is 1. The zero-order valence-corrected chi connectivity index (χ0v) is 16.1. The Labute approximate surface area is 161 Å². The Hall–Kier alpha value is -2.18. The molecular weight excluding hydrogens is 369 g/mol. The van der Waals surface area contributed by atoms with Crippen molar-refractivity contribution in [1.29, 1.82) is 0 Å². The van der Waals surface area contributed by atoms with Gasteiger partial charge >= 0.3 is 0 Å². The predicted octanol–water partition coefficient (Wildman–Crippen LogP) is 5.41. The second kappa shape index (κ2) is 8.01. The highest BCUT2D eigenvalue weighted by atomic mass is 32.2. The molecule has 1 atom stereocenters. The number of hydrogen-bond donors (Lipinski definition) is 0. The monoisotopic (exact) mass is 387 g/mol. The number of benzene rings is 2. The fourth-order valence-corrected chi connectivity index (χ4v) is 3.73. The summed E-state index contributed by atoms with van der Waals surface area (Å²) in [5, 5.41) is 0. The smallest absolute Gasteiger partial charge is 0.270 e. The van der Waals surface area contributed by atoms with Crippen LogP contribution in [0.4, 0.5) is 10.1 Å². The number of anilines is 1. The van der Waals surface area contributed by atoms with Crippen LogP contribution in [-0.2, 0) is 4.79 Å². The lowest BCUT2D eigenvalue weighted by Gasteiger charge is -2.15. The first-order valence-corrected chi connectivity index (χ1v) is 9.52. The predicted molar refractivity (Wildman–Crippen MR) is 109 cm³/mol. The van der Waals surface area contributed by atoms with Crippen molar-refractivity contribution in [1.82, 2.24) is 0 Å². The molecule has 1 heterocycles. The average Bonchev–Trinajstić information content (AvgIpc) is 2.91. The molecule has 1 amide bonds. The minimum Gasteiger partial charge on any atom is -0.490 e. The molecule has 26 heavy (non-hydrogen) atoms. The van der Waals surface area contributed by atoms with Gasteiger partial charge in [-0.2, -0.15) is 0 Å². The van der Waals surface area contributed by atoms with E-state index in [1.54, 1.807) is 24.3 Å². The van der Waals surface area contributed by atoms with Gasteiger partial charge in [0.15, 0.2) is 4.32 Å². The molecule has 0 saturated carbocycles. The lowest BCUT2D eigenvalue weighted by Crippen LogP contribution is -2.28. The number of hydrogen-bond acceptors (Lipinski definition) is 4. The largest absolute Gasteiger partial charge is 0.490 e. The van der Waals surface area contributed by atoms with E-state index in [1.165, 1.54) is 11.0 Å². The van der Waals surface area contributed by atoms with Crippen LogP contribution in [0.1, 0.15) is 25.8 Å². The highest BCUT2D eigenvalue weighted by molar-refractivity contribution is 8.27. The van der Waals surface area contributed by atoms with Gasteiger partial charge in [-0.05, 0) is 37.6 Å². The third-order valence-electron chi connectivity index (χ3n) is 4.00. The van der Waals surface area contributed by atoms with Gasteiger partial charge in [0.25, 0.3) is 5.91 Å². The second-order valence-electron chi connectivity index (χ2n) is 5.84. The van der Waals surface area contributed by atoms with E-state index in [0.29, 0.717) is 15.0 Å². The van der Waals surface area contributed by atoms with Crippen molar-refractivity contribution in [3.05, 3.63) is 64.8 Å². The number of para-hydroxylation sites is 2. The van der Waals surface area contributed by atoms with Crippen molar-refractivity contribution in [2.45, 2.75) is 26.4 Å². The maximum absolute atomic E-state index is 14.1. The third-order valence-corrected chi connectivity index (χ3v) is 5.30. The highest BCUT2D eigenvalue weighted by Crippen LogP contribution is 2.38. The summed E-state index contributed by atoms with van der Waals surface area (Å²) in [5.74, 6) is -0.105. The molecule has 1 fully saturated rings. The topological polar surface area (TPSA) is 29.5 Å². The van der Waals surface area contributed by atoms with E-state index in [9.17, 15) is 9.18 Å². The molecule has 2 aromatic carbocycles. The van der Waals surface area contributed by atoms with Crippen LogP contribution in [0.2, 0.25) is 0 Å². The van der Waals surface area contributed by atoms with Crippen LogP contribution in [0.15, 0.2) is 53.4 Å². The average molecular weight is 388 g/mol. The third kappa shape index (κ3) is 3.81. The van der Waals surface area contributed by atoms with Crippen molar-refractivity contribution >= 4 is 46.0 Å². The van der Waals surface area contributed by atoms with E-state index in [0.717, 1.165) is 23.7 Å². The zero-order chi connectivity index (χ0) is 18.7. The SMILES string of the molecule is CC[C@H](C)Oc1ccccc1/C=C1\SC(=S)N(c2ccccc2F)C1=O. The number of ether oxygens (including phenoxy) is 1. The van der Waals surface area contributed by atoms with E-state index < -0.39 is 5.82 Å². The number of thiocarbonyl (C=S) groups is 1. The van der Waals surface area contributed by atoms with Gasteiger partial charge in [-0.3, -0.25) is 9.69 Å². The second-order valence-corrected chi connectivity index (χ2v) is 7.52. The Morgan fingerprint density at radius 2 is 1.92 bits per heavy atom. The minimum atomic E-state index is -0.481. The lowest BCUT2D eigenvalue weighted by molar-refractivity contribution is -0.113. The molecule has 134 valence electrons. The van der Waals surface area contributed by atoms with Crippen LogP contribution in [0.25, 0.3) is 6.08 Å². The van der Waals surface area contributed by atoms with Crippen LogP contribution in [0.3, 0.4) is 0 Å². The Kier molecular flexibility index (Phi) is 5.74. The first-order chi connectivity index (χ1) is 12.5. The van der Waals surface area contributed by atoms with E-state index in [2.05, 4.69) is 0 Å². The molecule has 3 rings (SSSR count). The van der Waals surface area contributed by atoms with Gasteiger partial charge in [0.2, 0.25) is 0 Å². The number of carbonyl (C=O) groups excluding carboxylic acids is 1. The molecule has 0 unspecified atom stereocenters. The molecule has 6 heteroatoms. The van der Waals surface area contributed by atoms with Crippen molar-refractivity contribution in [2.75, 3.05) is 4.90 Å². The number of rotatable bonds is 5. The van der Waals surface area contributed by atoms with Crippen LogP contribution in [-0.4, -0.2) is 16.3 Å². The first kappa shape index (κ1) is 18.6. The molecular formula is C20H18FNO2S2. The molecule has 0 radical (unpaired) electrons. The Balaban J connectivity index is 1.93. The molecule has 0 aromatic heterocycles. The summed E-state index contributed by atoms with van der Waals surface area (Å²) in [6.07, 6.45) is 2.69. The van der Waals surface area contributed by atoms with Crippen molar-refractivity contribution in [3.8, 4) is 5.75 Å². The lowest BCUT2D eigenvalue weighted by atomic mass is 10.1. The van der Waals surface area contributed by atoms with Gasteiger partial charge in [0, 0.05) is 5.56 Å². The summed E-state index contributed by atoms with van der Waals surface area (Å²) in [5.41, 5.74) is 0.962. The Morgan fingerprint density at radius 3 is 2.65 bits per heavy atom. The van der Waals surface area contributed by atoms with Crippen LogP contribution >= 0.6 is 24.0 Å². The summed E-state index contributed by atoms with van der Waals surface area (Å²) in [6, 6.07) is 13.6. The number of halogens is 1. The van der Waals surface area contributed by atoms with Crippen LogP contribution < -0.4 is 9.64 Å². The number of nitrogens with zero attached hydrogens (tertiary/aromatic N) is 1. The highest BCUT2D eigenvalue weighted by Gasteiger charge is 2.34. The number of amides is 1. The fraction of sp³-hybridized carbons (Fsp3) is 0.200. The summed E-state index contributed by atoms with van der Waals surface area (Å²) in [6.45, 7) is 4.04. The zero-order valence-electron chi connectivity index (χ0n) is 14.4. The summed E-state index contributed by atoms with van der Waals surface area (Å²) in [7, 11) is 0. The normalized spacial score (nSPS) is 17.0. The van der Waals surface area contributed by atoms with Gasteiger partial charge in [-0.15, -0.1) is 0 Å². The summed E-state index contributed by atoms with van der Waals surface area (Å²) in [4.78, 5) is 14.5. The van der Waals surface area contributed by atoms with Crippen molar-refractivity contribution in [3.63, 3.8) is 0 Å². The van der Waals surface area contributed by atoms with E-state index in [4.69, 9.17) is 17.0 Å². The van der Waals surface area contributed by atoms with E-state index in [1.807, 2.05) is 38.1 Å². The van der Waals surface area contributed by atoms with Gasteiger partial charge in [-0.25, -0.2) is 4.39 Å².